The van der Waals surface area contributed by atoms with Gasteiger partial charge in [-0.2, -0.15) is 0 Å². The Labute approximate surface area is 189 Å². The van der Waals surface area contributed by atoms with E-state index in [1.807, 2.05) is 6.08 Å². The maximum Gasteiger partial charge on any atom is 0.335 e. The number of hydrogen-bond donors (Lipinski definition) is 1. The molecular weight excluding hydrogens is 398 g/mol. The van der Waals surface area contributed by atoms with Gasteiger partial charge in [-0.05, 0) is 71.2 Å². The molecule has 0 saturated carbocycles. The molecule has 1 aliphatic carbocycles. The van der Waals surface area contributed by atoms with E-state index in [2.05, 4.69) is 68.4 Å². The van der Waals surface area contributed by atoms with Crippen LogP contribution in [0.25, 0.3) is 5.57 Å². The van der Waals surface area contributed by atoms with Crippen molar-refractivity contribution in [3.63, 3.8) is 0 Å². The summed E-state index contributed by atoms with van der Waals surface area (Å²) >= 11 is 0. The third kappa shape index (κ3) is 6.24. The molecule has 0 unspecified atom stereocenters. The normalized spacial score (nSPS) is 16.3. The molecule has 0 aliphatic heterocycles. The summed E-state index contributed by atoms with van der Waals surface area (Å²) in [5, 5.41) is 12.3. The monoisotopic (exact) mass is 427 g/mol. The van der Waals surface area contributed by atoms with Crippen molar-refractivity contribution in [2.45, 2.75) is 40.0 Å². The average molecular weight is 428 g/mol. The molecule has 3 rings (SSSR count). The maximum absolute atomic E-state index is 11.6. The van der Waals surface area contributed by atoms with Crippen molar-refractivity contribution < 1.29 is 9.90 Å². The summed E-state index contributed by atoms with van der Waals surface area (Å²) in [6.45, 7) is 6.48. The van der Waals surface area contributed by atoms with Crippen LogP contribution in [0.3, 0.4) is 0 Å². The molecular formula is C28H29NO3. The number of rotatable bonds is 6. The van der Waals surface area contributed by atoms with Gasteiger partial charge in [0.15, 0.2) is 0 Å². The van der Waals surface area contributed by atoms with E-state index in [1.165, 1.54) is 16.7 Å². The number of aromatic carboxylic acids is 1. The predicted molar refractivity (Wildman–Crippen MR) is 130 cm³/mol. The van der Waals surface area contributed by atoms with Crippen molar-refractivity contribution in [2.24, 2.45) is 10.6 Å². The van der Waals surface area contributed by atoms with Crippen LogP contribution in [0.15, 0.2) is 95.4 Å². The van der Waals surface area contributed by atoms with Gasteiger partial charge in [0, 0.05) is 0 Å². The molecule has 4 nitrogen and oxygen atoms in total. The number of allylic oxidation sites excluding steroid dienone is 6. The maximum atomic E-state index is 11.6. The zero-order valence-electron chi connectivity index (χ0n) is 18.8. The van der Waals surface area contributed by atoms with Gasteiger partial charge in [0.1, 0.15) is 5.70 Å². The van der Waals surface area contributed by atoms with Gasteiger partial charge in [0.05, 0.1) is 5.56 Å². The molecule has 0 spiro atoms. The minimum atomic E-state index is -0.954. The van der Waals surface area contributed by atoms with E-state index in [0.717, 1.165) is 24.0 Å². The molecule has 0 saturated heterocycles. The number of nitrogens with zero attached hydrogens (tertiary/aromatic N) is 1. The lowest BCUT2D eigenvalue weighted by atomic mass is 9.84. The highest BCUT2D eigenvalue weighted by atomic mass is 16.4. The Kier molecular flexibility index (Phi) is 7.37. The van der Waals surface area contributed by atoms with E-state index >= 15 is 0 Å². The zero-order valence-corrected chi connectivity index (χ0v) is 18.8. The number of benzene rings is 2. The van der Waals surface area contributed by atoms with Crippen LogP contribution in [-0.2, 0) is 6.42 Å². The second kappa shape index (κ2) is 10.2. The van der Waals surface area contributed by atoms with Crippen LogP contribution in [0.2, 0.25) is 0 Å². The number of carboxylic acids is 1. The van der Waals surface area contributed by atoms with Gasteiger partial charge in [-0.25, -0.2) is 4.79 Å². The minimum absolute atomic E-state index is 0.0713. The fourth-order valence-corrected chi connectivity index (χ4v) is 3.71. The van der Waals surface area contributed by atoms with Crippen LogP contribution < -0.4 is 0 Å². The Morgan fingerprint density at radius 2 is 1.78 bits per heavy atom. The van der Waals surface area contributed by atoms with Gasteiger partial charge >= 0.3 is 5.97 Å². The van der Waals surface area contributed by atoms with Crippen LogP contribution in [0.4, 0.5) is 0 Å². The second-order valence-electron chi connectivity index (χ2n) is 8.88. The molecule has 0 amide bonds. The van der Waals surface area contributed by atoms with Gasteiger partial charge < -0.3 is 5.11 Å². The van der Waals surface area contributed by atoms with Crippen molar-refractivity contribution in [3.05, 3.63) is 117 Å². The van der Waals surface area contributed by atoms with Gasteiger partial charge in [-0.15, -0.1) is 4.91 Å². The molecule has 0 aromatic heterocycles. The van der Waals surface area contributed by atoms with Gasteiger partial charge in [0.2, 0.25) is 0 Å². The Morgan fingerprint density at radius 3 is 2.41 bits per heavy atom. The molecule has 0 radical (unpaired) electrons. The Bertz CT molecular complexity index is 1100. The Morgan fingerprint density at radius 1 is 1.09 bits per heavy atom. The van der Waals surface area contributed by atoms with E-state index in [-0.39, 0.29) is 11.0 Å². The van der Waals surface area contributed by atoms with Crippen molar-refractivity contribution >= 4 is 11.5 Å². The summed E-state index contributed by atoms with van der Waals surface area (Å²) in [5.74, 6) is -0.954. The van der Waals surface area contributed by atoms with Crippen LogP contribution >= 0.6 is 0 Å². The summed E-state index contributed by atoms with van der Waals surface area (Å²) in [6.07, 6.45) is 12.3. The van der Waals surface area contributed by atoms with E-state index in [1.54, 1.807) is 30.3 Å². The predicted octanol–water partition coefficient (Wildman–Crippen LogP) is 7.27. The Hall–Kier alpha value is -3.53. The molecule has 0 fully saturated rings. The lowest BCUT2D eigenvalue weighted by molar-refractivity contribution is 0.0697. The van der Waals surface area contributed by atoms with Crippen molar-refractivity contribution in [3.8, 4) is 0 Å². The molecule has 1 N–H and O–H groups in total. The standard InChI is InChI=1S/C28H29NO3/c1-20-7-12-22(13-8-20)25-6-4-5-23(17-18-28(2,3)19-25)26(29-32)16-11-21-9-14-24(15-10-21)27(30)31/h4-5,7-10,12-17,19H,6,11,18H2,1-3H3,(H,30,31). The van der Waals surface area contributed by atoms with E-state index in [9.17, 15) is 9.70 Å². The molecule has 0 heterocycles. The number of nitroso groups, excluding NO2 is 1. The zero-order chi connectivity index (χ0) is 23.1. The fraction of sp³-hybridized carbons (Fsp3) is 0.250. The molecule has 2 aromatic rings. The van der Waals surface area contributed by atoms with E-state index in [0.29, 0.717) is 12.1 Å². The molecule has 1 aliphatic rings. The first-order valence-corrected chi connectivity index (χ1v) is 10.8. The molecule has 2 aromatic carbocycles. The van der Waals surface area contributed by atoms with Gasteiger partial charge in [0.25, 0.3) is 0 Å². The third-order valence-electron chi connectivity index (χ3n) is 5.60. The fourth-order valence-electron chi connectivity index (χ4n) is 3.71. The first kappa shape index (κ1) is 23.1. The molecule has 4 heteroatoms. The molecule has 0 atom stereocenters. The van der Waals surface area contributed by atoms with Crippen molar-refractivity contribution in [1.82, 2.24) is 0 Å². The first-order valence-electron chi connectivity index (χ1n) is 10.8. The van der Waals surface area contributed by atoms with Crippen molar-refractivity contribution in [1.29, 1.82) is 0 Å². The summed E-state index contributed by atoms with van der Waals surface area (Å²) < 4.78 is 0. The first-order chi connectivity index (χ1) is 15.3. The summed E-state index contributed by atoms with van der Waals surface area (Å²) in [7, 11) is 0. The molecule has 0 bridgehead atoms. The largest absolute Gasteiger partial charge is 0.478 e. The van der Waals surface area contributed by atoms with Crippen LogP contribution in [0.5, 0.6) is 0 Å². The number of carboxylic acid groups (broad SMARTS) is 1. The summed E-state index contributed by atoms with van der Waals surface area (Å²) in [4.78, 5) is 22.7. The van der Waals surface area contributed by atoms with E-state index in [4.69, 9.17) is 5.11 Å². The highest BCUT2D eigenvalue weighted by molar-refractivity contribution is 5.87. The lowest BCUT2D eigenvalue weighted by Crippen LogP contribution is -2.07. The smallest absolute Gasteiger partial charge is 0.335 e. The molecule has 32 heavy (non-hydrogen) atoms. The topological polar surface area (TPSA) is 66.7 Å². The van der Waals surface area contributed by atoms with E-state index < -0.39 is 5.97 Å². The van der Waals surface area contributed by atoms with Crippen LogP contribution in [0.1, 0.15) is 53.7 Å². The third-order valence-corrected chi connectivity index (χ3v) is 5.60. The SMILES string of the molecule is Cc1ccc(C2=CC(C)(C)CC=C(C(=CCc3ccc(C(=O)O)cc3)N=O)C=CC2)cc1. The second-order valence-corrected chi connectivity index (χ2v) is 8.88. The van der Waals surface area contributed by atoms with Crippen molar-refractivity contribution in [2.75, 3.05) is 0 Å². The van der Waals surface area contributed by atoms with Crippen LogP contribution in [-0.4, -0.2) is 11.1 Å². The quantitative estimate of drug-likeness (QED) is 0.493. The summed E-state index contributed by atoms with van der Waals surface area (Å²) in [5.41, 5.74) is 6.03. The van der Waals surface area contributed by atoms with Crippen LogP contribution in [0, 0.1) is 17.2 Å². The minimum Gasteiger partial charge on any atom is -0.478 e. The number of hydrogen-bond acceptors (Lipinski definition) is 3. The van der Waals surface area contributed by atoms with Gasteiger partial charge in [-0.3, -0.25) is 0 Å². The highest BCUT2D eigenvalue weighted by Gasteiger charge is 2.17. The number of aryl methyl sites for hydroxylation is 1. The number of carbonyl (C=O) groups is 1. The highest BCUT2D eigenvalue weighted by Crippen LogP contribution is 2.33. The lowest BCUT2D eigenvalue weighted by Gasteiger charge is -2.20. The Balaban J connectivity index is 1.82. The molecule has 164 valence electrons. The van der Waals surface area contributed by atoms with Gasteiger partial charge in [-0.1, -0.05) is 86.2 Å². The summed E-state index contributed by atoms with van der Waals surface area (Å²) in [6, 6.07) is 15.2. The average Bonchev–Trinajstić information content (AvgIpc) is 2.84.